The summed E-state index contributed by atoms with van der Waals surface area (Å²) in [6.45, 7) is 1.35. The van der Waals surface area contributed by atoms with Crippen molar-refractivity contribution >= 4 is 17.7 Å². The Bertz CT molecular complexity index is 683. The van der Waals surface area contributed by atoms with Crippen molar-refractivity contribution < 1.29 is 13.9 Å². The van der Waals surface area contributed by atoms with Gasteiger partial charge in [-0.1, -0.05) is 11.8 Å². The third kappa shape index (κ3) is 3.89. The molecule has 2 heterocycles. The smallest absolute Gasteiger partial charge is 0.227 e. The minimum atomic E-state index is -0.412. The first kappa shape index (κ1) is 15.9. The summed E-state index contributed by atoms with van der Waals surface area (Å²) in [5.41, 5.74) is 5.97. The highest BCUT2D eigenvalue weighted by Crippen LogP contribution is 2.26. The van der Waals surface area contributed by atoms with Crippen LogP contribution in [0.1, 0.15) is 12.8 Å². The predicted molar refractivity (Wildman–Crippen MR) is 84.3 cm³/mol. The molecule has 1 saturated heterocycles. The second-order valence-corrected chi connectivity index (χ2v) is 6.26. The molecule has 0 aliphatic carbocycles. The van der Waals surface area contributed by atoms with E-state index in [1.165, 1.54) is 23.9 Å². The SMILES string of the molecule is NC(=O)CSc1nnc(-c2ccc(F)cc2)n1CC1CCCO1. The van der Waals surface area contributed by atoms with E-state index in [0.717, 1.165) is 25.0 Å². The van der Waals surface area contributed by atoms with Gasteiger partial charge in [0.15, 0.2) is 11.0 Å². The van der Waals surface area contributed by atoms with E-state index < -0.39 is 5.91 Å². The number of primary amides is 1. The zero-order chi connectivity index (χ0) is 16.2. The van der Waals surface area contributed by atoms with E-state index >= 15 is 0 Å². The van der Waals surface area contributed by atoms with Crippen molar-refractivity contribution in [1.82, 2.24) is 14.8 Å². The fourth-order valence-corrected chi connectivity index (χ4v) is 3.19. The van der Waals surface area contributed by atoms with Gasteiger partial charge in [-0.25, -0.2) is 4.39 Å². The molecular formula is C15H17FN4O2S. The molecule has 3 rings (SSSR count). The highest BCUT2D eigenvalue weighted by Gasteiger charge is 2.22. The minimum Gasteiger partial charge on any atom is -0.376 e. The molecule has 1 unspecified atom stereocenters. The molecule has 23 heavy (non-hydrogen) atoms. The summed E-state index contributed by atoms with van der Waals surface area (Å²) >= 11 is 1.24. The lowest BCUT2D eigenvalue weighted by Gasteiger charge is -2.14. The molecule has 1 aliphatic rings. The molecule has 2 aromatic rings. The minimum absolute atomic E-state index is 0.0955. The number of nitrogens with two attached hydrogens (primary N) is 1. The zero-order valence-electron chi connectivity index (χ0n) is 12.4. The molecule has 122 valence electrons. The lowest BCUT2D eigenvalue weighted by Crippen LogP contribution is -2.18. The van der Waals surface area contributed by atoms with Gasteiger partial charge in [-0.2, -0.15) is 0 Å². The highest BCUT2D eigenvalue weighted by atomic mass is 32.2. The van der Waals surface area contributed by atoms with Gasteiger partial charge in [-0.3, -0.25) is 9.36 Å². The van der Waals surface area contributed by atoms with Gasteiger partial charge in [-0.05, 0) is 37.1 Å². The number of carbonyl (C=O) groups excluding carboxylic acids is 1. The maximum atomic E-state index is 13.1. The second kappa shape index (κ2) is 7.10. The summed E-state index contributed by atoms with van der Waals surface area (Å²) in [5.74, 6) is 0.0484. The van der Waals surface area contributed by atoms with Crippen molar-refractivity contribution in [1.29, 1.82) is 0 Å². The number of amides is 1. The molecule has 0 bridgehead atoms. The summed E-state index contributed by atoms with van der Waals surface area (Å²) in [5, 5.41) is 8.96. The van der Waals surface area contributed by atoms with E-state index in [4.69, 9.17) is 10.5 Å². The van der Waals surface area contributed by atoms with Gasteiger partial charge in [0.1, 0.15) is 5.82 Å². The first-order chi connectivity index (χ1) is 11.1. The van der Waals surface area contributed by atoms with Crippen LogP contribution in [0.25, 0.3) is 11.4 Å². The number of nitrogens with zero attached hydrogens (tertiary/aromatic N) is 3. The Morgan fingerprint density at radius 3 is 2.83 bits per heavy atom. The predicted octanol–water partition coefficient (Wildman–Crippen LogP) is 1.84. The number of carbonyl (C=O) groups is 1. The summed E-state index contributed by atoms with van der Waals surface area (Å²) in [7, 11) is 0. The Balaban J connectivity index is 1.90. The van der Waals surface area contributed by atoms with Gasteiger partial charge < -0.3 is 10.5 Å². The van der Waals surface area contributed by atoms with Crippen LogP contribution >= 0.6 is 11.8 Å². The van der Waals surface area contributed by atoms with E-state index in [0.29, 0.717) is 17.5 Å². The zero-order valence-corrected chi connectivity index (χ0v) is 13.3. The molecule has 6 nitrogen and oxygen atoms in total. The Morgan fingerprint density at radius 2 is 2.17 bits per heavy atom. The molecule has 2 N–H and O–H groups in total. The monoisotopic (exact) mass is 336 g/mol. The van der Waals surface area contributed by atoms with Gasteiger partial charge >= 0.3 is 0 Å². The van der Waals surface area contributed by atoms with Crippen molar-refractivity contribution in [2.24, 2.45) is 5.73 Å². The normalized spacial score (nSPS) is 17.5. The van der Waals surface area contributed by atoms with Crippen LogP contribution in [0, 0.1) is 5.82 Å². The summed E-state index contributed by atoms with van der Waals surface area (Å²) in [6.07, 6.45) is 2.10. The fourth-order valence-electron chi connectivity index (χ4n) is 2.50. The molecule has 1 atom stereocenters. The van der Waals surface area contributed by atoms with Crippen LogP contribution in [0.3, 0.4) is 0 Å². The van der Waals surface area contributed by atoms with Crippen LogP contribution in [-0.2, 0) is 16.1 Å². The summed E-state index contributed by atoms with van der Waals surface area (Å²) in [4.78, 5) is 11.0. The number of halogens is 1. The summed E-state index contributed by atoms with van der Waals surface area (Å²) in [6, 6.07) is 6.09. The third-order valence-corrected chi connectivity index (χ3v) is 4.56. The van der Waals surface area contributed by atoms with Crippen molar-refractivity contribution in [3.63, 3.8) is 0 Å². The lowest BCUT2D eigenvalue weighted by molar-refractivity contribution is -0.115. The van der Waals surface area contributed by atoms with E-state index in [1.54, 1.807) is 12.1 Å². The molecule has 8 heteroatoms. The van der Waals surface area contributed by atoms with Crippen molar-refractivity contribution in [2.75, 3.05) is 12.4 Å². The van der Waals surface area contributed by atoms with Gasteiger partial charge in [-0.15, -0.1) is 10.2 Å². The Morgan fingerprint density at radius 1 is 1.39 bits per heavy atom. The van der Waals surface area contributed by atoms with Crippen LogP contribution in [0.2, 0.25) is 0 Å². The standard InChI is InChI=1S/C15H17FN4O2S/c16-11-5-3-10(4-6-11)14-18-19-15(23-9-13(17)21)20(14)8-12-2-1-7-22-12/h3-6,12H,1-2,7-9H2,(H2,17,21). The number of benzene rings is 1. The van der Waals surface area contributed by atoms with E-state index in [9.17, 15) is 9.18 Å². The Kier molecular flexibility index (Phi) is 4.92. The van der Waals surface area contributed by atoms with Crippen LogP contribution in [0.5, 0.6) is 0 Å². The number of rotatable bonds is 6. The molecule has 1 aromatic heterocycles. The van der Waals surface area contributed by atoms with Crippen LogP contribution in [0.15, 0.2) is 29.4 Å². The summed E-state index contributed by atoms with van der Waals surface area (Å²) < 4.78 is 20.7. The van der Waals surface area contributed by atoms with Crippen molar-refractivity contribution in [2.45, 2.75) is 30.6 Å². The van der Waals surface area contributed by atoms with E-state index in [2.05, 4.69) is 10.2 Å². The van der Waals surface area contributed by atoms with E-state index in [-0.39, 0.29) is 17.7 Å². The number of aromatic nitrogens is 3. The van der Waals surface area contributed by atoms with Gasteiger partial charge in [0.2, 0.25) is 5.91 Å². The Labute approximate surface area is 137 Å². The van der Waals surface area contributed by atoms with Crippen LogP contribution in [-0.4, -0.2) is 39.1 Å². The van der Waals surface area contributed by atoms with Crippen LogP contribution < -0.4 is 5.73 Å². The van der Waals surface area contributed by atoms with Gasteiger partial charge in [0, 0.05) is 12.2 Å². The third-order valence-electron chi connectivity index (χ3n) is 3.57. The average molecular weight is 336 g/mol. The maximum absolute atomic E-state index is 13.1. The largest absolute Gasteiger partial charge is 0.376 e. The lowest BCUT2D eigenvalue weighted by atomic mass is 10.2. The second-order valence-electron chi connectivity index (χ2n) is 5.31. The number of thioether (sulfide) groups is 1. The molecule has 0 saturated carbocycles. The molecule has 1 aliphatic heterocycles. The molecular weight excluding hydrogens is 319 g/mol. The van der Waals surface area contributed by atoms with Crippen molar-refractivity contribution in [3.8, 4) is 11.4 Å². The fraction of sp³-hybridized carbons (Fsp3) is 0.400. The maximum Gasteiger partial charge on any atom is 0.227 e. The molecule has 1 amide bonds. The van der Waals surface area contributed by atoms with Gasteiger partial charge in [0.05, 0.1) is 18.4 Å². The van der Waals surface area contributed by atoms with E-state index in [1.807, 2.05) is 4.57 Å². The average Bonchev–Trinajstić information content (AvgIpc) is 3.17. The molecule has 1 aromatic carbocycles. The number of hydrogen-bond acceptors (Lipinski definition) is 5. The first-order valence-electron chi connectivity index (χ1n) is 7.35. The first-order valence-corrected chi connectivity index (χ1v) is 8.34. The highest BCUT2D eigenvalue weighted by molar-refractivity contribution is 7.99. The molecule has 1 fully saturated rings. The van der Waals surface area contributed by atoms with Crippen LogP contribution in [0.4, 0.5) is 4.39 Å². The quantitative estimate of drug-likeness (QED) is 0.814. The topological polar surface area (TPSA) is 83.0 Å². The number of ether oxygens (including phenoxy) is 1. The molecule has 0 spiro atoms. The Hall–Kier alpha value is -1.93. The van der Waals surface area contributed by atoms with Crippen molar-refractivity contribution in [3.05, 3.63) is 30.1 Å². The number of hydrogen-bond donors (Lipinski definition) is 1. The van der Waals surface area contributed by atoms with Gasteiger partial charge in [0.25, 0.3) is 0 Å². The molecule has 0 radical (unpaired) electrons.